The number of nitrogens with one attached hydrogen (secondary N) is 1. The topological polar surface area (TPSA) is 114 Å². The number of hydrogen-bond donors (Lipinski definition) is 3. The highest BCUT2D eigenvalue weighted by atomic mass is 16.6. The highest BCUT2D eigenvalue weighted by Crippen LogP contribution is 2.28. The Balaban J connectivity index is 1.86. The number of hydrogen-bond acceptors (Lipinski definition) is 6. The van der Waals surface area contributed by atoms with Crippen molar-refractivity contribution in [1.82, 2.24) is 9.55 Å². The summed E-state index contributed by atoms with van der Waals surface area (Å²) >= 11 is 0. The molecule has 1 aromatic rings. The standard InChI is InChI=1S/C19H28N2O6/c1-12(2)5-4-6-13(3)8-10-26-11-14-16(23)17(24)18(27-14)21-9-7-15(22)20-19(21)25/h5,7-9,14,16-18,23-24H,4,6,10-11H2,1-3H3,(H,20,22,25)/b13-8+/t14-,16-,17+,18-/m0/s1. The molecule has 8 nitrogen and oxygen atoms in total. The van der Waals surface area contributed by atoms with Gasteiger partial charge in [0, 0.05) is 12.3 Å². The van der Waals surface area contributed by atoms with Crippen LogP contribution in [0.5, 0.6) is 0 Å². The van der Waals surface area contributed by atoms with Crippen LogP contribution in [0.2, 0.25) is 0 Å². The molecule has 0 amide bonds. The van der Waals surface area contributed by atoms with Gasteiger partial charge in [-0.15, -0.1) is 0 Å². The first-order chi connectivity index (χ1) is 12.8. The zero-order valence-corrected chi connectivity index (χ0v) is 15.9. The summed E-state index contributed by atoms with van der Waals surface area (Å²) in [5.74, 6) is 0. The molecule has 0 radical (unpaired) electrons. The first-order valence-electron chi connectivity index (χ1n) is 8.99. The molecule has 1 saturated heterocycles. The van der Waals surface area contributed by atoms with Gasteiger partial charge in [0.2, 0.25) is 0 Å². The highest BCUT2D eigenvalue weighted by molar-refractivity contribution is 5.02. The number of aromatic amines is 1. The third-order valence-electron chi connectivity index (χ3n) is 4.39. The Labute approximate surface area is 157 Å². The lowest BCUT2D eigenvalue weighted by Gasteiger charge is -2.16. The summed E-state index contributed by atoms with van der Waals surface area (Å²) in [5, 5.41) is 20.3. The fourth-order valence-corrected chi connectivity index (χ4v) is 2.80. The maximum atomic E-state index is 11.8. The van der Waals surface area contributed by atoms with Crippen LogP contribution in [0.1, 0.15) is 39.8 Å². The second kappa shape index (κ2) is 9.80. The largest absolute Gasteiger partial charge is 0.387 e. The molecule has 0 aromatic carbocycles. The summed E-state index contributed by atoms with van der Waals surface area (Å²) in [7, 11) is 0. The Morgan fingerprint density at radius 3 is 2.67 bits per heavy atom. The molecular formula is C19H28N2O6. The second-order valence-electron chi connectivity index (χ2n) is 6.97. The van der Waals surface area contributed by atoms with E-state index in [1.165, 1.54) is 17.3 Å². The summed E-state index contributed by atoms with van der Waals surface area (Å²) in [6, 6.07) is 1.15. The van der Waals surface area contributed by atoms with Gasteiger partial charge in [-0.2, -0.15) is 0 Å². The van der Waals surface area contributed by atoms with Crippen LogP contribution >= 0.6 is 0 Å². The first-order valence-corrected chi connectivity index (χ1v) is 8.99. The van der Waals surface area contributed by atoms with E-state index in [4.69, 9.17) is 9.47 Å². The van der Waals surface area contributed by atoms with Gasteiger partial charge >= 0.3 is 5.69 Å². The van der Waals surface area contributed by atoms with Crippen LogP contribution < -0.4 is 11.2 Å². The van der Waals surface area contributed by atoms with Crippen LogP contribution in [0.4, 0.5) is 0 Å². The lowest BCUT2D eigenvalue weighted by atomic mass is 10.1. The van der Waals surface area contributed by atoms with Crippen LogP contribution in [0.15, 0.2) is 45.2 Å². The number of ether oxygens (including phenoxy) is 2. The molecule has 8 heteroatoms. The van der Waals surface area contributed by atoms with Gasteiger partial charge in [-0.25, -0.2) is 4.79 Å². The summed E-state index contributed by atoms with van der Waals surface area (Å²) in [5.41, 5.74) is 1.24. The fourth-order valence-electron chi connectivity index (χ4n) is 2.80. The highest BCUT2D eigenvalue weighted by Gasteiger charge is 2.44. The SMILES string of the molecule is CC(C)=CCC/C(C)=C/COC[C@@H]1O[C@H](n2ccc(=O)[nH]c2=O)[C@H](O)[C@H]1O. The van der Waals surface area contributed by atoms with E-state index in [9.17, 15) is 19.8 Å². The van der Waals surface area contributed by atoms with Crippen molar-refractivity contribution in [1.29, 1.82) is 0 Å². The maximum Gasteiger partial charge on any atom is 0.330 e. The van der Waals surface area contributed by atoms with E-state index < -0.39 is 35.8 Å². The Kier molecular flexibility index (Phi) is 7.73. The lowest BCUT2D eigenvalue weighted by Crippen LogP contribution is -2.37. The molecule has 0 spiro atoms. The van der Waals surface area contributed by atoms with Crippen molar-refractivity contribution in [3.63, 3.8) is 0 Å². The van der Waals surface area contributed by atoms with E-state index in [1.807, 2.05) is 13.0 Å². The minimum atomic E-state index is -1.30. The first kappa shape index (κ1) is 21.3. The van der Waals surface area contributed by atoms with Gasteiger partial charge in [0.05, 0.1) is 13.2 Å². The zero-order chi connectivity index (χ0) is 20.0. The Morgan fingerprint density at radius 1 is 1.26 bits per heavy atom. The van der Waals surface area contributed by atoms with Gasteiger partial charge in [-0.05, 0) is 33.6 Å². The lowest BCUT2D eigenvalue weighted by molar-refractivity contribution is -0.0652. The van der Waals surface area contributed by atoms with E-state index >= 15 is 0 Å². The van der Waals surface area contributed by atoms with Crippen molar-refractivity contribution in [2.75, 3.05) is 13.2 Å². The molecule has 0 bridgehead atoms. The Hall–Kier alpha value is -2.00. The summed E-state index contributed by atoms with van der Waals surface area (Å²) in [4.78, 5) is 25.1. The molecule has 4 atom stereocenters. The Morgan fingerprint density at radius 2 is 2.00 bits per heavy atom. The minimum absolute atomic E-state index is 0.0740. The number of H-pyrrole nitrogens is 1. The maximum absolute atomic E-state index is 11.8. The van der Waals surface area contributed by atoms with Gasteiger partial charge in [-0.3, -0.25) is 14.3 Å². The van der Waals surface area contributed by atoms with E-state index in [0.717, 1.165) is 23.5 Å². The molecule has 1 aromatic heterocycles. The average molecular weight is 380 g/mol. The van der Waals surface area contributed by atoms with Crippen molar-refractivity contribution < 1.29 is 19.7 Å². The number of nitrogens with zero attached hydrogens (tertiary/aromatic N) is 1. The third-order valence-corrected chi connectivity index (χ3v) is 4.39. The van der Waals surface area contributed by atoms with E-state index in [2.05, 4.69) is 24.9 Å². The van der Waals surface area contributed by atoms with Crippen molar-refractivity contribution in [2.24, 2.45) is 0 Å². The van der Waals surface area contributed by atoms with E-state index in [-0.39, 0.29) is 6.61 Å². The van der Waals surface area contributed by atoms with Gasteiger partial charge in [0.15, 0.2) is 6.23 Å². The van der Waals surface area contributed by atoms with Gasteiger partial charge in [0.1, 0.15) is 18.3 Å². The molecule has 3 N–H and O–H groups in total. The molecule has 1 aliphatic rings. The molecule has 150 valence electrons. The van der Waals surface area contributed by atoms with Crippen LogP contribution in [-0.2, 0) is 9.47 Å². The quantitative estimate of drug-likeness (QED) is 0.455. The van der Waals surface area contributed by atoms with Crippen LogP contribution in [-0.4, -0.2) is 51.3 Å². The monoisotopic (exact) mass is 380 g/mol. The molecule has 27 heavy (non-hydrogen) atoms. The third kappa shape index (κ3) is 6.00. The molecular weight excluding hydrogens is 352 g/mol. The minimum Gasteiger partial charge on any atom is -0.387 e. The molecule has 2 heterocycles. The molecule has 0 aliphatic carbocycles. The average Bonchev–Trinajstić information content (AvgIpc) is 2.87. The zero-order valence-electron chi connectivity index (χ0n) is 15.9. The van der Waals surface area contributed by atoms with Crippen molar-refractivity contribution in [3.8, 4) is 0 Å². The number of rotatable bonds is 8. The van der Waals surface area contributed by atoms with Crippen LogP contribution in [0.3, 0.4) is 0 Å². The summed E-state index contributed by atoms with van der Waals surface area (Å²) < 4.78 is 12.2. The van der Waals surface area contributed by atoms with Crippen molar-refractivity contribution in [3.05, 3.63) is 56.4 Å². The molecule has 1 aliphatic heterocycles. The molecule has 0 saturated carbocycles. The van der Waals surface area contributed by atoms with E-state index in [1.54, 1.807) is 0 Å². The number of aliphatic hydroxyl groups is 2. The summed E-state index contributed by atoms with van der Waals surface area (Å²) in [6.45, 7) is 6.61. The fraction of sp³-hybridized carbons (Fsp3) is 0.579. The second-order valence-corrected chi connectivity index (χ2v) is 6.97. The van der Waals surface area contributed by atoms with Crippen LogP contribution in [0.25, 0.3) is 0 Å². The smallest absolute Gasteiger partial charge is 0.330 e. The van der Waals surface area contributed by atoms with E-state index in [0.29, 0.717) is 6.61 Å². The Bertz CT molecular complexity index is 790. The van der Waals surface area contributed by atoms with Crippen LogP contribution in [0, 0.1) is 0 Å². The normalized spacial score (nSPS) is 25.6. The number of aromatic nitrogens is 2. The number of aliphatic hydroxyl groups excluding tert-OH is 2. The van der Waals surface area contributed by atoms with Crippen molar-refractivity contribution in [2.45, 2.75) is 58.2 Å². The molecule has 1 fully saturated rings. The van der Waals surface area contributed by atoms with Gasteiger partial charge < -0.3 is 19.7 Å². The van der Waals surface area contributed by atoms with Crippen molar-refractivity contribution >= 4 is 0 Å². The predicted octanol–water partition coefficient (Wildman–Crippen LogP) is 0.865. The molecule has 0 unspecified atom stereocenters. The van der Waals surface area contributed by atoms with Gasteiger partial charge in [0.25, 0.3) is 5.56 Å². The van der Waals surface area contributed by atoms with Gasteiger partial charge in [-0.1, -0.05) is 23.3 Å². The predicted molar refractivity (Wildman–Crippen MR) is 100 cm³/mol. The summed E-state index contributed by atoms with van der Waals surface area (Å²) in [6.07, 6.45) is 2.96. The number of allylic oxidation sites excluding steroid dienone is 3. The molecule has 2 rings (SSSR count).